The van der Waals surface area contributed by atoms with Crippen LogP contribution in [0.2, 0.25) is 0 Å². The Hall–Kier alpha value is -2.34. The monoisotopic (exact) mass is 382 g/mol. The third-order valence-corrected chi connectivity index (χ3v) is 7.36. The maximum absolute atomic E-state index is 13.0. The number of nitrogens with one attached hydrogen (secondary N) is 1. The van der Waals surface area contributed by atoms with Gasteiger partial charge >= 0.3 is 11.9 Å². The van der Waals surface area contributed by atoms with Crippen molar-refractivity contribution >= 4 is 17.6 Å². The lowest BCUT2D eigenvalue weighted by molar-refractivity contribution is -0.151. The maximum atomic E-state index is 13.0. The van der Waals surface area contributed by atoms with E-state index in [1.807, 2.05) is 13.0 Å². The van der Waals surface area contributed by atoms with Crippen LogP contribution in [0.25, 0.3) is 0 Å². The Bertz CT molecular complexity index is 894. The molecule has 1 N–H and O–H groups in total. The van der Waals surface area contributed by atoms with Crippen molar-refractivity contribution in [1.29, 1.82) is 0 Å². The predicted octanol–water partition coefficient (Wildman–Crippen LogP) is 2.45. The molecule has 0 radical (unpaired) electrons. The minimum Gasteiger partial charge on any atom is -0.466 e. The van der Waals surface area contributed by atoms with Gasteiger partial charge in [0, 0.05) is 42.7 Å². The molecule has 3 aliphatic heterocycles. The highest BCUT2D eigenvalue weighted by atomic mass is 16.5. The zero-order valence-electron chi connectivity index (χ0n) is 16.5. The lowest BCUT2D eigenvalue weighted by atomic mass is 9.60. The molecule has 5 rings (SSSR count). The molecular weight excluding hydrogens is 356 g/mol. The van der Waals surface area contributed by atoms with E-state index in [1.165, 1.54) is 19.6 Å². The van der Waals surface area contributed by atoms with Crippen LogP contribution >= 0.6 is 0 Å². The van der Waals surface area contributed by atoms with Crippen LogP contribution in [0.5, 0.6) is 0 Å². The molecular formula is C22H26N2O4. The molecule has 2 saturated heterocycles. The molecule has 4 aliphatic rings. The van der Waals surface area contributed by atoms with E-state index >= 15 is 0 Å². The van der Waals surface area contributed by atoms with Crippen molar-refractivity contribution in [3.63, 3.8) is 0 Å². The summed E-state index contributed by atoms with van der Waals surface area (Å²) in [5, 5.41) is 3.59. The molecule has 2 fully saturated rings. The van der Waals surface area contributed by atoms with Gasteiger partial charge in [0.2, 0.25) is 0 Å². The molecule has 0 aromatic heterocycles. The van der Waals surface area contributed by atoms with Gasteiger partial charge < -0.3 is 14.8 Å². The number of anilines is 1. The smallest absolute Gasteiger partial charge is 0.335 e. The summed E-state index contributed by atoms with van der Waals surface area (Å²) in [6.45, 7) is 5.20. The first-order valence-corrected chi connectivity index (χ1v) is 10.1. The van der Waals surface area contributed by atoms with Crippen molar-refractivity contribution in [3.8, 4) is 0 Å². The molecule has 6 heteroatoms. The Morgan fingerprint density at radius 3 is 2.86 bits per heavy atom. The summed E-state index contributed by atoms with van der Waals surface area (Å²) >= 11 is 0. The second-order valence-corrected chi connectivity index (χ2v) is 8.50. The molecule has 1 aromatic carbocycles. The Balaban J connectivity index is 1.68. The van der Waals surface area contributed by atoms with E-state index in [1.54, 1.807) is 0 Å². The van der Waals surface area contributed by atoms with Crippen molar-refractivity contribution in [3.05, 3.63) is 41.1 Å². The van der Waals surface area contributed by atoms with Crippen LogP contribution in [0.3, 0.4) is 0 Å². The van der Waals surface area contributed by atoms with Crippen LogP contribution in [0.1, 0.15) is 32.3 Å². The molecule has 0 unspecified atom stereocenters. The van der Waals surface area contributed by atoms with Gasteiger partial charge in [0.05, 0.1) is 18.1 Å². The average molecular weight is 382 g/mol. The fourth-order valence-corrected chi connectivity index (χ4v) is 6.32. The third-order valence-electron chi connectivity index (χ3n) is 7.36. The van der Waals surface area contributed by atoms with E-state index in [0.29, 0.717) is 6.04 Å². The number of ether oxygens (including phenoxy) is 2. The van der Waals surface area contributed by atoms with Crippen molar-refractivity contribution in [1.82, 2.24) is 4.90 Å². The van der Waals surface area contributed by atoms with Crippen LogP contribution in [-0.4, -0.2) is 49.2 Å². The van der Waals surface area contributed by atoms with E-state index in [-0.39, 0.29) is 35.3 Å². The van der Waals surface area contributed by atoms with E-state index in [9.17, 15) is 9.59 Å². The number of esters is 2. The molecule has 1 aliphatic carbocycles. The summed E-state index contributed by atoms with van der Waals surface area (Å²) in [6, 6.07) is 8.76. The van der Waals surface area contributed by atoms with Gasteiger partial charge in [-0.2, -0.15) is 0 Å². The Morgan fingerprint density at radius 1 is 1.32 bits per heavy atom. The second-order valence-electron chi connectivity index (χ2n) is 8.50. The lowest BCUT2D eigenvalue weighted by Gasteiger charge is -2.51. The fourth-order valence-electron chi connectivity index (χ4n) is 6.32. The zero-order chi connectivity index (χ0) is 19.6. The van der Waals surface area contributed by atoms with Crippen molar-refractivity contribution < 1.29 is 19.1 Å². The van der Waals surface area contributed by atoms with E-state index in [0.717, 1.165) is 42.9 Å². The number of hydrogen-bond donors (Lipinski definition) is 1. The SMILES string of the molecule is COC(=O)C1=C2Nc3ccccc3[C@@]23CCN2C[C@H]([C@H](C)OC(C)=O)[C@@H]1C[C@H]23. The molecule has 5 atom stereocenters. The van der Waals surface area contributed by atoms with Crippen LogP contribution in [0.4, 0.5) is 5.69 Å². The number of carbonyl (C=O) groups excluding carboxylic acids is 2. The molecule has 0 saturated carbocycles. The van der Waals surface area contributed by atoms with Crippen molar-refractivity contribution in [2.45, 2.75) is 44.2 Å². The van der Waals surface area contributed by atoms with E-state index < -0.39 is 0 Å². The van der Waals surface area contributed by atoms with Crippen LogP contribution < -0.4 is 5.32 Å². The minimum atomic E-state index is -0.278. The Kier molecular flexibility index (Phi) is 3.85. The van der Waals surface area contributed by atoms with Crippen LogP contribution in [-0.2, 0) is 24.5 Å². The number of fused-ring (bicyclic) bond motifs is 2. The summed E-state index contributed by atoms with van der Waals surface area (Å²) in [5.41, 5.74) is 4.00. The molecule has 6 nitrogen and oxygen atoms in total. The summed E-state index contributed by atoms with van der Waals surface area (Å²) in [5.74, 6) is -0.451. The summed E-state index contributed by atoms with van der Waals surface area (Å²) in [4.78, 5) is 27.1. The van der Waals surface area contributed by atoms with Gasteiger partial charge in [-0.25, -0.2) is 4.79 Å². The Labute approximate surface area is 164 Å². The first kappa shape index (κ1) is 17.7. The number of nitrogens with zero attached hydrogens (tertiary/aromatic N) is 1. The van der Waals surface area contributed by atoms with Crippen LogP contribution in [0.15, 0.2) is 35.5 Å². The molecule has 1 aromatic rings. The summed E-state index contributed by atoms with van der Waals surface area (Å²) < 4.78 is 10.8. The average Bonchev–Trinajstić information content (AvgIpc) is 3.23. The highest BCUT2D eigenvalue weighted by Gasteiger charge is 2.63. The third kappa shape index (κ3) is 2.18. The van der Waals surface area contributed by atoms with Crippen LogP contribution in [0, 0.1) is 11.8 Å². The highest BCUT2D eigenvalue weighted by molar-refractivity contribution is 5.93. The standard InChI is InChI=1S/C22H26N2O4/c1-12(28-13(2)25)15-11-24-9-8-22-16-6-4-5-7-17(16)23-20(22)19(21(26)27-3)14(15)10-18(22)24/h4-7,12,14-15,18,23H,8-11H2,1-3H3/t12-,14-,15+,18-,22+/m0/s1. The summed E-state index contributed by atoms with van der Waals surface area (Å²) in [6.07, 6.45) is 1.62. The van der Waals surface area contributed by atoms with Gasteiger partial charge in [-0.15, -0.1) is 0 Å². The fraction of sp³-hybridized carbons (Fsp3) is 0.545. The van der Waals surface area contributed by atoms with Gasteiger partial charge in [0.25, 0.3) is 0 Å². The number of carbonyl (C=O) groups is 2. The zero-order valence-corrected chi connectivity index (χ0v) is 16.5. The largest absolute Gasteiger partial charge is 0.466 e. The van der Waals surface area contributed by atoms with Gasteiger partial charge in [-0.3, -0.25) is 9.69 Å². The van der Waals surface area contributed by atoms with Crippen molar-refractivity contribution in [2.24, 2.45) is 11.8 Å². The molecule has 148 valence electrons. The summed E-state index contributed by atoms with van der Waals surface area (Å²) in [7, 11) is 1.45. The number of methoxy groups -OCH3 is 1. The number of para-hydroxylation sites is 1. The molecule has 28 heavy (non-hydrogen) atoms. The number of hydrogen-bond acceptors (Lipinski definition) is 6. The number of piperidine rings is 1. The number of benzene rings is 1. The van der Waals surface area contributed by atoms with Gasteiger partial charge in [0.15, 0.2) is 0 Å². The van der Waals surface area contributed by atoms with Gasteiger partial charge in [-0.1, -0.05) is 18.2 Å². The first-order valence-electron chi connectivity index (χ1n) is 10.1. The predicted molar refractivity (Wildman–Crippen MR) is 104 cm³/mol. The normalized spacial score (nSPS) is 33.6. The molecule has 2 bridgehead atoms. The molecule has 1 spiro atoms. The quantitative estimate of drug-likeness (QED) is 0.810. The second kappa shape index (κ2) is 6.08. The lowest BCUT2D eigenvalue weighted by Crippen LogP contribution is -2.57. The minimum absolute atomic E-state index is 0.0195. The van der Waals surface area contributed by atoms with Crippen molar-refractivity contribution in [2.75, 3.05) is 25.5 Å². The Morgan fingerprint density at radius 2 is 2.11 bits per heavy atom. The van der Waals surface area contributed by atoms with E-state index in [4.69, 9.17) is 9.47 Å². The first-order chi connectivity index (χ1) is 13.5. The maximum Gasteiger partial charge on any atom is 0.335 e. The number of rotatable bonds is 3. The topological polar surface area (TPSA) is 67.9 Å². The van der Waals surface area contributed by atoms with Gasteiger partial charge in [-0.05, 0) is 37.9 Å². The van der Waals surface area contributed by atoms with Gasteiger partial charge in [0.1, 0.15) is 6.10 Å². The highest BCUT2D eigenvalue weighted by Crippen LogP contribution is 2.61. The molecule has 0 amide bonds. The van der Waals surface area contributed by atoms with E-state index in [2.05, 4.69) is 28.4 Å². The molecule has 3 heterocycles.